The number of anilines is 1. The van der Waals surface area contributed by atoms with Crippen LogP contribution < -0.4 is 9.62 Å². The van der Waals surface area contributed by atoms with E-state index < -0.39 is 28.5 Å². The van der Waals surface area contributed by atoms with Gasteiger partial charge in [0, 0.05) is 24.0 Å². The molecule has 214 valence electrons. The van der Waals surface area contributed by atoms with Crippen molar-refractivity contribution in [3.05, 3.63) is 98.4 Å². The Labute approximate surface area is 254 Å². The van der Waals surface area contributed by atoms with Gasteiger partial charge in [-0.3, -0.25) is 13.9 Å². The molecule has 0 radical (unpaired) electrons. The molecule has 0 saturated heterocycles. The van der Waals surface area contributed by atoms with E-state index in [9.17, 15) is 18.0 Å². The number of rotatable bonds is 12. The van der Waals surface area contributed by atoms with Crippen LogP contribution in [0.5, 0.6) is 0 Å². The van der Waals surface area contributed by atoms with Gasteiger partial charge in [-0.05, 0) is 57.2 Å². The highest BCUT2D eigenvalue weighted by Gasteiger charge is 2.33. The van der Waals surface area contributed by atoms with E-state index in [4.69, 9.17) is 23.2 Å². The molecule has 3 aromatic carbocycles. The molecule has 0 aliphatic rings. The molecule has 0 aromatic heterocycles. The summed E-state index contributed by atoms with van der Waals surface area (Å²) in [5, 5.41) is 3.61. The van der Waals surface area contributed by atoms with Gasteiger partial charge in [0.2, 0.25) is 21.8 Å². The van der Waals surface area contributed by atoms with Crippen LogP contribution in [0, 0.1) is 5.92 Å². The first-order chi connectivity index (χ1) is 18.9. The first-order valence-electron chi connectivity index (χ1n) is 12.6. The Balaban J connectivity index is 2.07. The summed E-state index contributed by atoms with van der Waals surface area (Å²) in [4.78, 5) is 29.1. The molecule has 0 aliphatic heterocycles. The predicted molar refractivity (Wildman–Crippen MR) is 165 cm³/mol. The molecule has 0 spiro atoms. The molecule has 3 rings (SSSR count). The summed E-state index contributed by atoms with van der Waals surface area (Å²) < 4.78 is 27.3. The standard InChI is InChI=1S/C29H32BrCl2N3O4S/c1-20(2)17-33-29(37)27(16-21-9-5-4-6-10-21)34(18-22-13-14-24(31)25(32)15-22)28(36)19-35(40(3,38)39)26-12-8-7-11-23(26)30/h4-15,20,27H,16-19H2,1-3H3,(H,33,37)/t27-/m1/s1. The number of nitrogens with one attached hydrogen (secondary N) is 1. The maximum absolute atomic E-state index is 14.1. The molecule has 0 heterocycles. The largest absolute Gasteiger partial charge is 0.354 e. The average Bonchev–Trinajstić information content (AvgIpc) is 2.90. The summed E-state index contributed by atoms with van der Waals surface area (Å²) in [6.07, 6.45) is 1.27. The second kappa shape index (κ2) is 14.3. The zero-order valence-electron chi connectivity index (χ0n) is 22.5. The molecule has 0 saturated carbocycles. The summed E-state index contributed by atoms with van der Waals surface area (Å²) >= 11 is 15.8. The number of benzene rings is 3. The van der Waals surface area contributed by atoms with Crippen LogP contribution in [-0.2, 0) is 32.6 Å². The second-order valence-corrected chi connectivity index (χ2v) is 13.4. The summed E-state index contributed by atoms with van der Waals surface area (Å²) in [6.45, 7) is 3.88. The van der Waals surface area contributed by atoms with E-state index in [1.54, 1.807) is 42.5 Å². The van der Waals surface area contributed by atoms with Crippen molar-refractivity contribution >= 4 is 66.7 Å². The molecule has 0 bridgehead atoms. The zero-order valence-corrected chi connectivity index (χ0v) is 26.4. The number of carbonyl (C=O) groups excluding carboxylic acids is 2. The lowest BCUT2D eigenvalue weighted by atomic mass is 10.0. The summed E-state index contributed by atoms with van der Waals surface area (Å²) in [5.74, 6) is -0.692. The van der Waals surface area contributed by atoms with Crippen molar-refractivity contribution in [1.29, 1.82) is 0 Å². The molecule has 0 fully saturated rings. The van der Waals surface area contributed by atoms with Gasteiger partial charge in [0.05, 0.1) is 22.0 Å². The number of hydrogen-bond acceptors (Lipinski definition) is 4. The monoisotopic (exact) mass is 667 g/mol. The van der Waals surface area contributed by atoms with E-state index in [0.29, 0.717) is 32.3 Å². The van der Waals surface area contributed by atoms with Gasteiger partial charge >= 0.3 is 0 Å². The van der Waals surface area contributed by atoms with Crippen molar-refractivity contribution in [2.75, 3.05) is 23.7 Å². The molecule has 11 heteroatoms. The van der Waals surface area contributed by atoms with Gasteiger partial charge in [-0.15, -0.1) is 0 Å². The van der Waals surface area contributed by atoms with Crippen molar-refractivity contribution in [2.24, 2.45) is 5.92 Å². The highest BCUT2D eigenvalue weighted by atomic mass is 79.9. The van der Waals surface area contributed by atoms with Crippen LogP contribution in [0.3, 0.4) is 0 Å². The van der Waals surface area contributed by atoms with E-state index in [2.05, 4.69) is 21.2 Å². The normalized spacial score (nSPS) is 12.2. The quantitative estimate of drug-likeness (QED) is 0.259. The Morgan fingerprint density at radius 1 is 0.925 bits per heavy atom. The van der Waals surface area contributed by atoms with E-state index in [-0.39, 0.29) is 24.8 Å². The number of sulfonamides is 1. The third kappa shape index (κ3) is 8.96. The lowest BCUT2D eigenvalue weighted by molar-refractivity contribution is -0.140. The zero-order chi connectivity index (χ0) is 29.4. The number of hydrogen-bond donors (Lipinski definition) is 1. The lowest BCUT2D eigenvalue weighted by Gasteiger charge is -2.34. The highest BCUT2D eigenvalue weighted by Crippen LogP contribution is 2.29. The van der Waals surface area contributed by atoms with Gasteiger partial charge in [0.1, 0.15) is 12.6 Å². The van der Waals surface area contributed by atoms with Gasteiger partial charge in [-0.2, -0.15) is 0 Å². The number of para-hydroxylation sites is 1. The van der Waals surface area contributed by atoms with Crippen molar-refractivity contribution in [1.82, 2.24) is 10.2 Å². The van der Waals surface area contributed by atoms with Gasteiger partial charge in [-0.1, -0.05) is 85.6 Å². The first kappa shape index (κ1) is 31.9. The van der Waals surface area contributed by atoms with Crippen LogP contribution in [0.1, 0.15) is 25.0 Å². The molecule has 0 aliphatic carbocycles. The molecule has 1 atom stereocenters. The third-order valence-electron chi connectivity index (χ3n) is 6.09. The fourth-order valence-corrected chi connectivity index (χ4v) is 5.86. The molecule has 7 nitrogen and oxygen atoms in total. The topological polar surface area (TPSA) is 86.8 Å². The Morgan fingerprint density at radius 3 is 2.17 bits per heavy atom. The third-order valence-corrected chi connectivity index (χ3v) is 8.63. The summed E-state index contributed by atoms with van der Waals surface area (Å²) in [7, 11) is -3.86. The summed E-state index contributed by atoms with van der Waals surface area (Å²) in [5.41, 5.74) is 1.81. The highest BCUT2D eigenvalue weighted by molar-refractivity contribution is 9.10. The average molecular weight is 669 g/mol. The number of nitrogens with zero attached hydrogens (tertiary/aromatic N) is 2. The minimum atomic E-state index is -3.86. The van der Waals surface area contributed by atoms with Crippen molar-refractivity contribution < 1.29 is 18.0 Å². The maximum atomic E-state index is 14.1. The fourth-order valence-electron chi connectivity index (χ4n) is 4.06. The van der Waals surface area contributed by atoms with Crippen LogP contribution in [0.15, 0.2) is 77.3 Å². The van der Waals surface area contributed by atoms with Crippen LogP contribution >= 0.6 is 39.1 Å². The smallest absolute Gasteiger partial charge is 0.244 e. The molecule has 3 aromatic rings. The van der Waals surface area contributed by atoms with Gasteiger partial charge in [0.15, 0.2) is 0 Å². The Hall–Kier alpha value is -2.59. The number of amides is 2. The number of halogens is 3. The minimum Gasteiger partial charge on any atom is -0.354 e. The van der Waals surface area contributed by atoms with Crippen molar-refractivity contribution in [2.45, 2.75) is 32.9 Å². The summed E-state index contributed by atoms with van der Waals surface area (Å²) in [6, 6.07) is 20.2. The maximum Gasteiger partial charge on any atom is 0.244 e. The molecule has 40 heavy (non-hydrogen) atoms. The minimum absolute atomic E-state index is 0.00980. The number of carbonyl (C=O) groups is 2. The van der Waals surface area contributed by atoms with E-state index in [1.807, 2.05) is 44.2 Å². The molecular weight excluding hydrogens is 637 g/mol. The second-order valence-electron chi connectivity index (χ2n) is 9.84. The predicted octanol–water partition coefficient (Wildman–Crippen LogP) is 5.93. The first-order valence-corrected chi connectivity index (χ1v) is 16.0. The van der Waals surface area contributed by atoms with Crippen molar-refractivity contribution in [3.63, 3.8) is 0 Å². The Morgan fingerprint density at radius 2 is 1.57 bits per heavy atom. The van der Waals surface area contributed by atoms with Gasteiger partial charge < -0.3 is 10.2 Å². The van der Waals surface area contributed by atoms with E-state index >= 15 is 0 Å². The van der Waals surface area contributed by atoms with Crippen LogP contribution in [0.4, 0.5) is 5.69 Å². The Kier molecular flexibility index (Phi) is 11.5. The van der Waals surface area contributed by atoms with Crippen LogP contribution in [-0.4, -0.2) is 50.5 Å². The molecule has 0 unspecified atom stereocenters. The Bertz CT molecular complexity index is 1440. The van der Waals surface area contributed by atoms with Gasteiger partial charge in [-0.25, -0.2) is 8.42 Å². The molecule has 2 amide bonds. The van der Waals surface area contributed by atoms with Crippen LogP contribution in [0.2, 0.25) is 10.0 Å². The fraction of sp³-hybridized carbons (Fsp3) is 0.310. The SMILES string of the molecule is CC(C)CNC(=O)[C@@H](Cc1ccccc1)N(Cc1ccc(Cl)c(Cl)c1)C(=O)CN(c1ccccc1Br)S(C)(=O)=O. The molecule has 1 N–H and O–H groups in total. The van der Waals surface area contributed by atoms with E-state index in [0.717, 1.165) is 16.1 Å². The van der Waals surface area contributed by atoms with E-state index in [1.165, 1.54) is 4.90 Å². The van der Waals surface area contributed by atoms with Crippen molar-refractivity contribution in [3.8, 4) is 0 Å². The van der Waals surface area contributed by atoms with Crippen LogP contribution in [0.25, 0.3) is 0 Å². The van der Waals surface area contributed by atoms with Gasteiger partial charge in [0.25, 0.3) is 0 Å². The lowest BCUT2D eigenvalue weighted by Crippen LogP contribution is -2.53. The molecular formula is C29H32BrCl2N3O4S.